The summed E-state index contributed by atoms with van der Waals surface area (Å²) < 4.78 is 14.8. The van der Waals surface area contributed by atoms with Crippen LogP contribution >= 0.6 is 0 Å². The summed E-state index contributed by atoms with van der Waals surface area (Å²) in [6, 6.07) is 9.05. The van der Waals surface area contributed by atoms with E-state index in [0.29, 0.717) is 17.5 Å². The molecule has 0 aliphatic rings. The van der Waals surface area contributed by atoms with Crippen LogP contribution in [-0.4, -0.2) is 25.7 Å². The monoisotopic (exact) mass is 325 g/mol. The van der Waals surface area contributed by atoms with E-state index in [1.165, 1.54) is 22.9 Å². The third-order valence-electron chi connectivity index (χ3n) is 3.32. The summed E-state index contributed by atoms with van der Waals surface area (Å²) in [7, 11) is 0. The van der Waals surface area contributed by atoms with Crippen molar-refractivity contribution in [1.29, 1.82) is 0 Å². The number of nitrogens with one attached hydrogen (secondary N) is 1. The number of amides is 1. The van der Waals surface area contributed by atoms with Gasteiger partial charge in [-0.2, -0.15) is 9.78 Å². The maximum absolute atomic E-state index is 13.3. The lowest BCUT2D eigenvalue weighted by Gasteiger charge is -2.09. The standard InChI is InChI=1S/C17H16FN5O/c1-10-7-11(2)20-17(19-10)23-15(8-12(3)22-23)21-16(24)13-5-4-6-14(18)9-13/h4-9H,1-3H3,(H,21,24). The number of hydrogen-bond donors (Lipinski definition) is 1. The molecule has 0 radical (unpaired) electrons. The Hall–Kier alpha value is -3.09. The van der Waals surface area contributed by atoms with Gasteiger partial charge in [0.1, 0.15) is 11.6 Å². The summed E-state index contributed by atoms with van der Waals surface area (Å²) in [5, 5.41) is 7.06. The summed E-state index contributed by atoms with van der Waals surface area (Å²) in [6.45, 7) is 5.52. The third-order valence-corrected chi connectivity index (χ3v) is 3.32. The second-order valence-electron chi connectivity index (χ2n) is 5.50. The molecule has 1 aromatic carbocycles. The van der Waals surface area contributed by atoms with Gasteiger partial charge in [0, 0.05) is 23.0 Å². The molecule has 2 aromatic heterocycles. The Balaban J connectivity index is 1.96. The van der Waals surface area contributed by atoms with Gasteiger partial charge in [0.15, 0.2) is 0 Å². The molecule has 3 rings (SSSR count). The molecule has 0 aliphatic heterocycles. The van der Waals surface area contributed by atoms with Crippen LogP contribution in [0.1, 0.15) is 27.4 Å². The molecule has 0 fully saturated rings. The average Bonchev–Trinajstić information content (AvgIpc) is 2.87. The number of hydrogen-bond acceptors (Lipinski definition) is 4. The number of carbonyl (C=O) groups is 1. The van der Waals surface area contributed by atoms with E-state index in [0.717, 1.165) is 11.4 Å². The Morgan fingerprint density at radius 3 is 2.42 bits per heavy atom. The highest BCUT2D eigenvalue weighted by molar-refractivity contribution is 6.03. The average molecular weight is 325 g/mol. The lowest BCUT2D eigenvalue weighted by molar-refractivity contribution is 0.102. The van der Waals surface area contributed by atoms with Gasteiger partial charge in [-0.25, -0.2) is 14.4 Å². The van der Waals surface area contributed by atoms with Crippen molar-refractivity contribution < 1.29 is 9.18 Å². The van der Waals surface area contributed by atoms with Crippen molar-refractivity contribution in [2.45, 2.75) is 20.8 Å². The number of carbonyl (C=O) groups excluding carboxylic acids is 1. The number of halogens is 1. The van der Waals surface area contributed by atoms with Crippen molar-refractivity contribution in [3.8, 4) is 5.95 Å². The van der Waals surface area contributed by atoms with Crippen molar-refractivity contribution >= 4 is 11.7 Å². The largest absolute Gasteiger partial charge is 0.306 e. The van der Waals surface area contributed by atoms with Crippen LogP contribution in [0.3, 0.4) is 0 Å². The summed E-state index contributed by atoms with van der Waals surface area (Å²) in [5.74, 6) is -0.105. The lowest BCUT2D eigenvalue weighted by atomic mass is 10.2. The van der Waals surface area contributed by atoms with Gasteiger partial charge in [-0.3, -0.25) is 4.79 Å². The first-order chi connectivity index (χ1) is 11.4. The van der Waals surface area contributed by atoms with Gasteiger partial charge in [-0.1, -0.05) is 6.07 Å². The first-order valence-electron chi connectivity index (χ1n) is 7.38. The molecule has 3 aromatic rings. The summed E-state index contributed by atoms with van der Waals surface area (Å²) >= 11 is 0. The van der Waals surface area contributed by atoms with Crippen LogP contribution in [0, 0.1) is 26.6 Å². The topological polar surface area (TPSA) is 72.7 Å². The van der Waals surface area contributed by atoms with E-state index >= 15 is 0 Å². The smallest absolute Gasteiger partial charge is 0.256 e. The van der Waals surface area contributed by atoms with Crippen LogP contribution in [0.2, 0.25) is 0 Å². The SMILES string of the molecule is Cc1cc(C)nc(-n2nc(C)cc2NC(=O)c2cccc(F)c2)n1. The van der Waals surface area contributed by atoms with E-state index in [-0.39, 0.29) is 5.56 Å². The molecule has 2 heterocycles. The van der Waals surface area contributed by atoms with E-state index in [9.17, 15) is 9.18 Å². The summed E-state index contributed by atoms with van der Waals surface area (Å²) in [4.78, 5) is 21.0. The van der Waals surface area contributed by atoms with E-state index in [2.05, 4.69) is 20.4 Å². The highest BCUT2D eigenvalue weighted by Gasteiger charge is 2.15. The van der Waals surface area contributed by atoms with E-state index in [1.807, 2.05) is 19.9 Å². The first-order valence-corrected chi connectivity index (χ1v) is 7.38. The highest BCUT2D eigenvalue weighted by Crippen LogP contribution is 2.16. The number of aryl methyl sites for hydroxylation is 3. The Kier molecular flexibility index (Phi) is 4.07. The van der Waals surface area contributed by atoms with Crippen molar-refractivity contribution in [2.24, 2.45) is 0 Å². The summed E-state index contributed by atoms with van der Waals surface area (Å²) in [5.41, 5.74) is 2.52. The van der Waals surface area contributed by atoms with E-state index in [4.69, 9.17) is 0 Å². The molecule has 0 spiro atoms. The van der Waals surface area contributed by atoms with Crippen molar-refractivity contribution in [3.05, 3.63) is 64.9 Å². The Morgan fingerprint density at radius 2 is 1.75 bits per heavy atom. The zero-order valence-electron chi connectivity index (χ0n) is 13.5. The van der Waals surface area contributed by atoms with Gasteiger partial charge in [0.05, 0.1) is 5.69 Å². The van der Waals surface area contributed by atoms with Crippen molar-refractivity contribution in [1.82, 2.24) is 19.7 Å². The molecule has 7 heteroatoms. The van der Waals surface area contributed by atoms with Crippen LogP contribution in [0.5, 0.6) is 0 Å². The predicted octanol–water partition coefficient (Wildman–Crippen LogP) is 2.98. The predicted molar refractivity (Wildman–Crippen MR) is 87.7 cm³/mol. The molecule has 0 atom stereocenters. The lowest BCUT2D eigenvalue weighted by Crippen LogP contribution is -2.16. The zero-order valence-corrected chi connectivity index (χ0v) is 13.5. The molecule has 24 heavy (non-hydrogen) atoms. The number of anilines is 1. The zero-order chi connectivity index (χ0) is 17.3. The minimum absolute atomic E-state index is 0.224. The molecule has 1 N–H and O–H groups in total. The highest BCUT2D eigenvalue weighted by atomic mass is 19.1. The van der Waals surface area contributed by atoms with Crippen LogP contribution < -0.4 is 5.32 Å². The van der Waals surface area contributed by atoms with Crippen molar-refractivity contribution in [2.75, 3.05) is 5.32 Å². The molecule has 0 saturated carbocycles. The fourth-order valence-corrected chi connectivity index (χ4v) is 2.36. The van der Waals surface area contributed by atoms with E-state index < -0.39 is 11.7 Å². The number of rotatable bonds is 3. The molecular formula is C17H16FN5O. The Labute approximate surface area is 138 Å². The second kappa shape index (κ2) is 6.19. The van der Waals surface area contributed by atoms with Gasteiger partial charge in [-0.05, 0) is 45.0 Å². The minimum atomic E-state index is -0.468. The van der Waals surface area contributed by atoms with Gasteiger partial charge in [-0.15, -0.1) is 0 Å². The minimum Gasteiger partial charge on any atom is -0.306 e. The Bertz CT molecular complexity index is 899. The van der Waals surface area contributed by atoms with Gasteiger partial charge in [0.25, 0.3) is 11.9 Å². The summed E-state index contributed by atoms with van der Waals surface area (Å²) in [6.07, 6.45) is 0. The number of benzene rings is 1. The maximum Gasteiger partial charge on any atom is 0.256 e. The fraction of sp³-hybridized carbons (Fsp3) is 0.176. The quantitative estimate of drug-likeness (QED) is 0.803. The fourth-order valence-electron chi connectivity index (χ4n) is 2.36. The van der Waals surface area contributed by atoms with Crippen LogP contribution in [0.4, 0.5) is 10.2 Å². The molecule has 0 saturated heterocycles. The Morgan fingerprint density at radius 1 is 1.04 bits per heavy atom. The van der Waals surface area contributed by atoms with E-state index in [1.54, 1.807) is 19.1 Å². The molecule has 122 valence electrons. The molecule has 0 unspecified atom stereocenters. The van der Waals surface area contributed by atoms with Crippen LogP contribution in [0.25, 0.3) is 5.95 Å². The molecule has 1 amide bonds. The third kappa shape index (κ3) is 3.29. The maximum atomic E-state index is 13.3. The molecule has 6 nitrogen and oxygen atoms in total. The van der Waals surface area contributed by atoms with Gasteiger partial charge < -0.3 is 5.32 Å². The number of nitrogens with zero attached hydrogens (tertiary/aromatic N) is 4. The van der Waals surface area contributed by atoms with Gasteiger partial charge in [0.2, 0.25) is 0 Å². The molecule has 0 aliphatic carbocycles. The first kappa shape index (κ1) is 15.8. The number of aromatic nitrogens is 4. The molecule has 0 bridgehead atoms. The van der Waals surface area contributed by atoms with Gasteiger partial charge >= 0.3 is 0 Å². The normalized spacial score (nSPS) is 10.7. The van der Waals surface area contributed by atoms with Crippen LogP contribution in [-0.2, 0) is 0 Å². The van der Waals surface area contributed by atoms with Crippen molar-refractivity contribution in [3.63, 3.8) is 0 Å². The second-order valence-corrected chi connectivity index (χ2v) is 5.50. The molecular weight excluding hydrogens is 309 g/mol. The van der Waals surface area contributed by atoms with Crippen LogP contribution in [0.15, 0.2) is 36.4 Å².